The highest BCUT2D eigenvalue weighted by Crippen LogP contribution is 2.18. The van der Waals surface area contributed by atoms with E-state index in [1.54, 1.807) is 12.1 Å². The quantitative estimate of drug-likeness (QED) is 0.496. The number of ether oxygens (including phenoxy) is 1. The second-order valence-electron chi connectivity index (χ2n) is 8.19. The molecule has 0 aliphatic carbocycles. The monoisotopic (exact) mass is 484 g/mol. The van der Waals surface area contributed by atoms with E-state index in [-0.39, 0.29) is 24.6 Å². The number of aryl methyl sites for hydroxylation is 2. The van der Waals surface area contributed by atoms with E-state index in [1.165, 1.54) is 4.31 Å². The molecule has 1 saturated heterocycles. The average Bonchev–Trinajstić information content (AvgIpc) is 3.32. The third-order valence-corrected chi connectivity index (χ3v) is 7.47. The van der Waals surface area contributed by atoms with Crippen molar-refractivity contribution in [1.29, 1.82) is 0 Å². The first kappa shape index (κ1) is 24.1. The lowest BCUT2D eigenvalue weighted by Gasteiger charge is -2.26. The molecule has 1 aliphatic rings. The van der Waals surface area contributed by atoms with Crippen molar-refractivity contribution < 1.29 is 22.5 Å². The van der Waals surface area contributed by atoms with Crippen LogP contribution in [0.1, 0.15) is 29.0 Å². The summed E-state index contributed by atoms with van der Waals surface area (Å²) in [6.07, 6.45) is 0.502. The van der Waals surface area contributed by atoms with E-state index in [0.29, 0.717) is 50.0 Å². The molecule has 0 atom stereocenters. The van der Waals surface area contributed by atoms with Gasteiger partial charge in [-0.15, -0.1) is 0 Å². The maximum atomic E-state index is 12.8. The first-order valence-electron chi connectivity index (χ1n) is 11.2. The minimum absolute atomic E-state index is 0.108. The highest BCUT2D eigenvalue weighted by molar-refractivity contribution is 7.88. The smallest absolute Gasteiger partial charge is 0.227 e. The van der Waals surface area contributed by atoms with Crippen LogP contribution >= 0.6 is 0 Å². The van der Waals surface area contributed by atoms with Crippen molar-refractivity contribution in [2.75, 3.05) is 26.3 Å². The van der Waals surface area contributed by atoms with Gasteiger partial charge in [0.05, 0.1) is 19.0 Å². The summed E-state index contributed by atoms with van der Waals surface area (Å²) in [5.74, 6) is 0.595. The number of nitrogens with zero attached hydrogens (tertiary/aromatic N) is 3. The van der Waals surface area contributed by atoms with Gasteiger partial charge in [0.25, 0.3) is 0 Å². The Kier molecular flexibility index (Phi) is 7.71. The van der Waals surface area contributed by atoms with Crippen LogP contribution in [0.15, 0.2) is 53.1 Å². The molecule has 10 heteroatoms. The molecule has 0 spiro atoms. The minimum atomic E-state index is -3.45. The zero-order chi connectivity index (χ0) is 24.0. The molecule has 1 fully saturated rings. The molecule has 1 aliphatic heterocycles. The van der Waals surface area contributed by atoms with Crippen LogP contribution in [0.5, 0.6) is 0 Å². The van der Waals surface area contributed by atoms with Gasteiger partial charge in [0.1, 0.15) is 0 Å². The summed E-state index contributed by atoms with van der Waals surface area (Å²) >= 11 is 0. The van der Waals surface area contributed by atoms with Gasteiger partial charge >= 0.3 is 0 Å². The van der Waals surface area contributed by atoms with Crippen molar-refractivity contribution in [3.63, 3.8) is 0 Å². The fourth-order valence-electron chi connectivity index (χ4n) is 3.66. The topological polar surface area (TPSA) is 115 Å². The number of hydrogen-bond donors (Lipinski definition) is 1. The number of hydrogen-bond acceptors (Lipinski definition) is 7. The van der Waals surface area contributed by atoms with Crippen molar-refractivity contribution in [1.82, 2.24) is 19.8 Å². The third-order valence-electron chi connectivity index (χ3n) is 5.64. The molecule has 0 saturated carbocycles. The van der Waals surface area contributed by atoms with Gasteiger partial charge in [-0.2, -0.15) is 9.29 Å². The number of nitrogens with one attached hydrogen (secondary N) is 1. The number of benzene rings is 2. The minimum Gasteiger partial charge on any atom is -0.379 e. The van der Waals surface area contributed by atoms with Crippen LogP contribution in [0.3, 0.4) is 0 Å². The fourth-order valence-corrected chi connectivity index (χ4v) is 5.22. The molecule has 0 bridgehead atoms. The third kappa shape index (κ3) is 6.28. The molecular formula is C24H28N4O5S. The molecule has 2 aromatic carbocycles. The Morgan fingerprint density at radius 1 is 1.06 bits per heavy atom. The van der Waals surface area contributed by atoms with Crippen LogP contribution in [-0.4, -0.2) is 55.1 Å². The Bertz CT molecular complexity index is 1220. The maximum Gasteiger partial charge on any atom is 0.227 e. The van der Waals surface area contributed by atoms with Crippen molar-refractivity contribution in [3.8, 4) is 11.4 Å². The van der Waals surface area contributed by atoms with Crippen molar-refractivity contribution in [2.24, 2.45) is 0 Å². The van der Waals surface area contributed by atoms with Crippen LogP contribution < -0.4 is 5.32 Å². The predicted octanol–water partition coefficient (Wildman–Crippen LogP) is 2.46. The van der Waals surface area contributed by atoms with Crippen molar-refractivity contribution >= 4 is 15.9 Å². The van der Waals surface area contributed by atoms with Gasteiger partial charge < -0.3 is 14.6 Å². The van der Waals surface area contributed by atoms with Gasteiger partial charge in [-0.3, -0.25) is 4.79 Å². The maximum absolute atomic E-state index is 12.8. The summed E-state index contributed by atoms with van der Waals surface area (Å²) in [5, 5.41) is 6.85. The molecule has 180 valence electrons. The molecule has 9 nitrogen and oxygen atoms in total. The molecule has 2 heterocycles. The normalized spacial score (nSPS) is 14.7. The molecule has 3 aromatic rings. The van der Waals surface area contributed by atoms with Crippen LogP contribution in [0, 0.1) is 6.92 Å². The summed E-state index contributed by atoms with van der Waals surface area (Å²) in [4.78, 5) is 16.8. The summed E-state index contributed by atoms with van der Waals surface area (Å²) in [7, 11) is -3.45. The van der Waals surface area contributed by atoms with E-state index < -0.39 is 10.0 Å². The van der Waals surface area contributed by atoms with Gasteiger partial charge in [0, 0.05) is 38.0 Å². The van der Waals surface area contributed by atoms with E-state index in [9.17, 15) is 13.2 Å². The van der Waals surface area contributed by atoms with E-state index in [0.717, 1.165) is 16.7 Å². The standard InChI is InChI=1S/C24H28N4O5S/c1-18-6-8-19(9-7-18)24-26-23(33-27-24)11-10-22(29)25-16-20-4-2-3-5-21(20)17-34(30,31)28-12-14-32-15-13-28/h2-9H,10-17H2,1H3,(H,25,29). The SMILES string of the molecule is Cc1ccc(-c2noc(CCC(=O)NCc3ccccc3CS(=O)(=O)N3CCOCC3)n2)cc1. The summed E-state index contributed by atoms with van der Waals surface area (Å²) in [6, 6.07) is 15.0. The van der Waals surface area contributed by atoms with Gasteiger partial charge in [-0.1, -0.05) is 59.3 Å². The predicted molar refractivity (Wildman–Crippen MR) is 126 cm³/mol. The second-order valence-corrected chi connectivity index (χ2v) is 10.2. The summed E-state index contributed by atoms with van der Waals surface area (Å²) in [5.41, 5.74) is 3.44. The Hall–Kier alpha value is -3.08. The Morgan fingerprint density at radius 2 is 1.76 bits per heavy atom. The van der Waals surface area contributed by atoms with Crippen LogP contribution in [0.2, 0.25) is 0 Å². The zero-order valence-electron chi connectivity index (χ0n) is 19.1. The molecule has 0 radical (unpaired) electrons. The molecule has 1 aromatic heterocycles. The summed E-state index contributed by atoms with van der Waals surface area (Å²) < 4.78 is 37.6. The number of carbonyl (C=O) groups excluding carboxylic acids is 1. The Balaban J connectivity index is 1.30. The Labute approximate surface area is 199 Å². The van der Waals surface area contributed by atoms with Gasteiger partial charge in [0.2, 0.25) is 27.6 Å². The van der Waals surface area contributed by atoms with E-state index in [2.05, 4.69) is 15.5 Å². The molecule has 0 unspecified atom stereocenters. The number of amides is 1. The van der Waals surface area contributed by atoms with Crippen molar-refractivity contribution in [2.45, 2.75) is 32.1 Å². The van der Waals surface area contributed by atoms with Crippen LogP contribution in [-0.2, 0) is 38.3 Å². The van der Waals surface area contributed by atoms with Gasteiger partial charge in [-0.05, 0) is 18.1 Å². The van der Waals surface area contributed by atoms with Crippen LogP contribution in [0.4, 0.5) is 0 Å². The number of aromatic nitrogens is 2. The Morgan fingerprint density at radius 3 is 2.50 bits per heavy atom. The van der Waals surface area contributed by atoms with E-state index >= 15 is 0 Å². The van der Waals surface area contributed by atoms with E-state index in [4.69, 9.17) is 9.26 Å². The molecule has 34 heavy (non-hydrogen) atoms. The molecule has 4 rings (SSSR count). The second kappa shape index (κ2) is 10.9. The number of sulfonamides is 1. The van der Waals surface area contributed by atoms with Gasteiger partial charge in [0.15, 0.2) is 0 Å². The first-order chi connectivity index (χ1) is 16.4. The molecule has 1 amide bonds. The molecular weight excluding hydrogens is 456 g/mol. The highest BCUT2D eigenvalue weighted by Gasteiger charge is 2.25. The number of morpholine rings is 1. The lowest BCUT2D eigenvalue weighted by atomic mass is 10.1. The average molecular weight is 485 g/mol. The largest absolute Gasteiger partial charge is 0.379 e. The number of rotatable bonds is 9. The van der Waals surface area contributed by atoms with E-state index in [1.807, 2.05) is 43.3 Å². The zero-order valence-corrected chi connectivity index (χ0v) is 19.9. The summed E-state index contributed by atoms with van der Waals surface area (Å²) in [6.45, 7) is 3.79. The lowest BCUT2D eigenvalue weighted by molar-refractivity contribution is -0.121. The highest BCUT2D eigenvalue weighted by atomic mass is 32.2. The molecule has 1 N–H and O–H groups in total. The van der Waals surface area contributed by atoms with Crippen LogP contribution in [0.25, 0.3) is 11.4 Å². The van der Waals surface area contributed by atoms with Crippen molar-refractivity contribution in [3.05, 3.63) is 71.1 Å². The lowest BCUT2D eigenvalue weighted by Crippen LogP contribution is -2.41. The first-order valence-corrected chi connectivity index (χ1v) is 12.8. The van der Waals surface area contributed by atoms with Gasteiger partial charge in [-0.25, -0.2) is 8.42 Å². The fraction of sp³-hybridized carbons (Fsp3) is 0.375. The number of carbonyl (C=O) groups is 1.